The van der Waals surface area contributed by atoms with Crippen molar-refractivity contribution in [3.8, 4) is 50.7 Å². The van der Waals surface area contributed by atoms with E-state index >= 15 is 0 Å². The van der Waals surface area contributed by atoms with E-state index in [9.17, 15) is 0 Å². The number of para-hydroxylation sites is 3. The molecule has 0 saturated heterocycles. The third kappa shape index (κ3) is 5.00. The highest BCUT2D eigenvalue weighted by atomic mass is 15.2. The van der Waals surface area contributed by atoms with Crippen LogP contribution in [0.4, 0.5) is 0 Å². The standard InChI is InChI=1S/C53H33N5/c1-3-15-34(16-4-1)36-19-13-21-38(31-36)46-33-47(39-22-14-20-37(32-39)35-17-5-2-6-18-35)56-53(55-46)58-48-27-11-9-24-41(48)43-30-29-42-40-23-7-8-25-44(40)52-54-45-26-10-12-28-49(45)57(52)50(42)51(43)58/h1-33H. The van der Waals surface area contributed by atoms with E-state index < -0.39 is 0 Å². The van der Waals surface area contributed by atoms with Crippen LogP contribution in [0.3, 0.4) is 0 Å². The third-order valence-corrected chi connectivity index (χ3v) is 11.5. The average Bonchev–Trinajstić information content (AvgIpc) is 3.86. The van der Waals surface area contributed by atoms with E-state index in [1.54, 1.807) is 0 Å². The van der Waals surface area contributed by atoms with Gasteiger partial charge in [-0.05, 0) is 64.0 Å². The van der Waals surface area contributed by atoms with Crippen LogP contribution >= 0.6 is 0 Å². The van der Waals surface area contributed by atoms with Crippen LogP contribution in [0, 0.1) is 0 Å². The van der Waals surface area contributed by atoms with Gasteiger partial charge in [0.1, 0.15) is 5.65 Å². The molecule has 4 aromatic heterocycles. The minimum Gasteiger partial charge on any atom is -0.290 e. The molecule has 0 fully saturated rings. The predicted molar refractivity (Wildman–Crippen MR) is 239 cm³/mol. The molecular weight excluding hydrogens is 707 g/mol. The summed E-state index contributed by atoms with van der Waals surface area (Å²) in [4.78, 5) is 16.3. The smallest absolute Gasteiger partial charge is 0.235 e. The summed E-state index contributed by atoms with van der Waals surface area (Å²) in [6, 6.07) is 70.7. The van der Waals surface area contributed by atoms with E-state index in [1.165, 1.54) is 0 Å². The molecule has 0 amide bonds. The van der Waals surface area contributed by atoms with Gasteiger partial charge in [0, 0.05) is 32.7 Å². The highest BCUT2D eigenvalue weighted by Crippen LogP contribution is 2.41. The van der Waals surface area contributed by atoms with Gasteiger partial charge >= 0.3 is 0 Å². The van der Waals surface area contributed by atoms with Crippen molar-refractivity contribution in [1.82, 2.24) is 23.9 Å². The molecule has 4 heterocycles. The zero-order valence-electron chi connectivity index (χ0n) is 31.3. The number of imidazole rings is 1. The second-order valence-electron chi connectivity index (χ2n) is 14.8. The predicted octanol–water partition coefficient (Wildman–Crippen LogP) is 13.3. The molecule has 0 aliphatic heterocycles. The van der Waals surface area contributed by atoms with Crippen molar-refractivity contribution in [1.29, 1.82) is 0 Å². The maximum atomic E-state index is 5.51. The first-order valence-electron chi connectivity index (χ1n) is 19.6. The van der Waals surface area contributed by atoms with Gasteiger partial charge in [-0.15, -0.1) is 0 Å². The molecule has 5 nitrogen and oxygen atoms in total. The highest BCUT2D eigenvalue weighted by Gasteiger charge is 2.23. The van der Waals surface area contributed by atoms with Crippen LogP contribution < -0.4 is 0 Å². The van der Waals surface area contributed by atoms with Crippen LogP contribution in [-0.2, 0) is 0 Å². The van der Waals surface area contributed by atoms with Gasteiger partial charge in [0.25, 0.3) is 0 Å². The minimum atomic E-state index is 0.604. The summed E-state index contributed by atoms with van der Waals surface area (Å²) >= 11 is 0. The first-order valence-corrected chi connectivity index (χ1v) is 19.6. The number of benzene rings is 8. The quantitative estimate of drug-likeness (QED) is 0.165. The Labute approximate surface area is 333 Å². The van der Waals surface area contributed by atoms with Gasteiger partial charge < -0.3 is 0 Å². The van der Waals surface area contributed by atoms with Crippen LogP contribution in [0.5, 0.6) is 0 Å². The Bertz CT molecular complexity index is 3460. The summed E-state index contributed by atoms with van der Waals surface area (Å²) in [7, 11) is 0. The van der Waals surface area contributed by atoms with Crippen LogP contribution in [0.1, 0.15) is 0 Å². The number of aromatic nitrogens is 5. The Kier molecular flexibility index (Phi) is 7.16. The molecule has 0 spiro atoms. The van der Waals surface area contributed by atoms with Gasteiger partial charge in [0.2, 0.25) is 5.95 Å². The number of fused-ring (bicyclic) bond motifs is 12. The molecule has 0 bridgehead atoms. The van der Waals surface area contributed by atoms with Gasteiger partial charge in [0.05, 0.1) is 39.0 Å². The summed E-state index contributed by atoms with van der Waals surface area (Å²) in [5, 5.41) is 5.68. The normalized spacial score (nSPS) is 11.8. The molecule has 0 atom stereocenters. The van der Waals surface area contributed by atoms with E-state index in [0.717, 1.165) is 105 Å². The lowest BCUT2D eigenvalue weighted by Gasteiger charge is -2.15. The molecule has 8 aromatic carbocycles. The van der Waals surface area contributed by atoms with Crippen LogP contribution in [0.25, 0.3) is 111 Å². The molecule has 0 unspecified atom stereocenters. The number of pyridine rings is 1. The van der Waals surface area contributed by atoms with E-state index in [1.807, 2.05) is 0 Å². The van der Waals surface area contributed by atoms with Crippen LogP contribution in [0.15, 0.2) is 200 Å². The van der Waals surface area contributed by atoms with Crippen molar-refractivity contribution in [2.45, 2.75) is 0 Å². The number of nitrogens with zero attached hydrogens (tertiary/aromatic N) is 5. The van der Waals surface area contributed by atoms with Gasteiger partial charge in [-0.3, -0.25) is 8.97 Å². The van der Waals surface area contributed by atoms with Gasteiger partial charge in [-0.1, -0.05) is 164 Å². The summed E-state index contributed by atoms with van der Waals surface area (Å²) in [5.74, 6) is 0.604. The number of rotatable bonds is 5. The van der Waals surface area contributed by atoms with E-state index in [4.69, 9.17) is 15.0 Å². The average molecular weight is 740 g/mol. The summed E-state index contributed by atoms with van der Waals surface area (Å²) in [6.07, 6.45) is 0. The summed E-state index contributed by atoms with van der Waals surface area (Å²) < 4.78 is 4.63. The molecule has 270 valence electrons. The van der Waals surface area contributed by atoms with E-state index in [-0.39, 0.29) is 0 Å². The molecule has 58 heavy (non-hydrogen) atoms. The lowest BCUT2D eigenvalue weighted by Crippen LogP contribution is -2.05. The Morgan fingerprint density at radius 3 is 1.47 bits per heavy atom. The maximum absolute atomic E-state index is 5.51. The lowest BCUT2D eigenvalue weighted by atomic mass is 9.99. The van der Waals surface area contributed by atoms with Gasteiger partial charge in [-0.2, -0.15) is 0 Å². The fourth-order valence-electron chi connectivity index (χ4n) is 8.85. The van der Waals surface area contributed by atoms with Crippen molar-refractivity contribution in [2.75, 3.05) is 0 Å². The molecular formula is C53H33N5. The second kappa shape index (κ2) is 12.8. The Balaban J connectivity index is 1.21. The highest BCUT2D eigenvalue weighted by molar-refractivity contribution is 6.24. The summed E-state index contributed by atoms with van der Waals surface area (Å²) in [5.41, 5.74) is 14.4. The molecule has 12 rings (SSSR count). The van der Waals surface area contributed by atoms with Crippen molar-refractivity contribution in [3.63, 3.8) is 0 Å². The first kappa shape index (κ1) is 32.4. The fourth-order valence-corrected chi connectivity index (χ4v) is 8.85. The second-order valence-corrected chi connectivity index (χ2v) is 14.8. The van der Waals surface area contributed by atoms with Gasteiger partial charge in [0.15, 0.2) is 0 Å². The molecule has 0 aliphatic rings. The lowest BCUT2D eigenvalue weighted by molar-refractivity contribution is 0.996. The zero-order chi connectivity index (χ0) is 38.2. The minimum absolute atomic E-state index is 0.604. The van der Waals surface area contributed by atoms with Crippen molar-refractivity contribution in [3.05, 3.63) is 200 Å². The SMILES string of the molecule is c1ccc(-c2cccc(-c3cc(-c4cccc(-c5ccccc5)c4)nc(-n4c5ccccc5c5ccc6c7ccccc7c7nc8ccccc8n7c6c54)n3)c2)cc1. The molecule has 0 N–H and O–H groups in total. The van der Waals surface area contributed by atoms with Crippen molar-refractivity contribution >= 4 is 60.2 Å². The van der Waals surface area contributed by atoms with Crippen LogP contribution in [0.2, 0.25) is 0 Å². The Morgan fingerprint density at radius 1 is 0.310 bits per heavy atom. The molecule has 0 radical (unpaired) electrons. The molecule has 5 heteroatoms. The Morgan fingerprint density at radius 2 is 0.810 bits per heavy atom. The van der Waals surface area contributed by atoms with Crippen LogP contribution in [-0.4, -0.2) is 23.9 Å². The molecule has 0 saturated carbocycles. The number of hydrogen-bond donors (Lipinski definition) is 0. The largest absolute Gasteiger partial charge is 0.290 e. The fraction of sp³-hybridized carbons (Fsp3) is 0. The van der Waals surface area contributed by atoms with Crippen molar-refractivity contribution < 1.29 is 0 Å². The number of hydrogen-bond acceptors (Lipinski definition) is 3. The third-order valence-electron chi connectivity index (χ3n) is 11.5. The monoisotopic (exact) mass is 739 g/mol. The topological polar surface area (TPSA) is 48.0 Å². The Hall–Kier alpha value is -7.89. The van der Waals surface area contributed by atoms with E-state index in [2.05, 4.69) is 209 Å². The first-order chi connectivity index (χ1) is 28.8. The molecule has 0 aliphatic carbocycles. The van der Waals surface area contributed by atoms with Crippen molar-refractivity contribution in [2.24, 2.45) is 0 Å². The van der Waals surface area contributed by atoms with E-state index in [0.29, 0.717) is 5.95 Å². The van der Waals surface area contributed by atoms with Gasteiger partial charge in [-0.25, -0.2) is 15.0 Å². The summed E-state index contributed by atoms with van der Waals surface area (Å²) in [6.45, 7) is 0. The molecule has 12 aromatic rings. The zero-order valence-corrected chi connectivity index (χ0v) is 31.3. The maximum Gasteiger partial charge on any atom is 0.235 e.